The first kappa shape index (κ1) is 13.3. The van der Waals surface area contributed by atoms with Gasteiger partial charge in [0.15, 0.2) is 0 Å². The zero-order chi connectivity index (χ0) is 11.6. The molecule has 3 unspecified atom stereocenters. The van der Waals surface area contributed by atoms with Crippen LogP contribution in [0.3, 0.4) is 0 Å². The number of hydrogen-bond acceptors (Lipinski definition) is 1. The normalized spacial score (nSPS) is 31.6. The van der Waals surface area contributed by atoms with E-state index in [1.54, 1.807) is 0 Å². The van der Waals surface area contributed by atoms with Crippen LogP contribution < -0.4 is 0 Å². The van der Waals surface area contributed by atoms with Crippen LogP contribution in [0.2, 0.25) is 0 Å². The topological polar surface area (TPSA) is 3.24 Å². The van der Waals surface area contributed by atoms with E-state index in [2.05, 4.69) is 29.8 Å². The third kappa shape index (κ3) is 4.31. The fourth-order valence-corrected chi connectivity index (χ4v) is 2.68. The Balaban J connectivity index is 2.44. The van der Waals surface area contributed by atoms with E-state index in [0.717, 1.165) is 19.5 Å². The minimum absolute atomic E-state index is 0.0676. The highest BCUT2D eigenvalue weighted by molar-refractivity contribution is 9.09. The van der Waals surface area contributed by atoms with Crippen LogP contribution in [0, 0.1) is 11.8 Å². The molecular formula is C10H17BrF3N. The first-order valence-electron chi connectivity index (χ1n) is 5.22. The average Bonchev–Trinajstić information content (AvgIpc) is 1.99. The van der Waals surface area contributed by atoms with Gasteiger partial charge in [-0.05, 0) is 18.3 Å². The summed E-state index contributed by atoms with van der Waals surface area (Å²) in [6.07, 6.45) is -3.01. The van der Waals surface area contributed by atoms with Crippen molar-refractivity contribution in [3.05, 3.63) is 0 Å². The average molecular weight is 288 g/mol. The molecule has 1 aliphatic heterocycles. The summed E-state index contributed by atoms with van der Waals surface area (Å²) in [4.78, 5) is 0.508. The summed E-state index contributed by atoms with van der Waals surface area (Å²) in [6, 6.07) is 0. The highest BCUT2D eigenvalue weighted by atomic mass is 79.9. The first-order chi connectivity index (χ1) is 6.79. The number of alkyl halides is 4. The van der Waals surface area contributed by atoms with Crippen LogP contribution in [-0.4, -0.2) is 35.5 Å². The smallest absolute Gasteiger partial charge is 0.301 e. The predicted molar refractivity (Wildman–Crippen MR) is 58.2 cm³/mol. The maximum atomic E-state index is 12.3. The van der Waals surface area contributed by atoms with Crippen LogP contribution >= 0.6 is 15.9 Å². The molecule has 0 aromatic rings. The maximum absolute atomic E-state index is 12.3. The molecule has 3 atom stereocenters. The van der Waals surface area contributed by atoms with Crippen LogP contribution in [0.4, 0.5) is 13.2 Å². The Bertz CT molecular complexity index is 197. The second-order valence-corrected chi connectivity index (χ2v) is 5.78. The van der Waals surface area contributed by atoms with Gasteiger partial charge in [-0.15, -0.1) is 0 Å². The molecule has 0 aromatic heterocycles. The minimum atomic E-state index is -4.13. The number of piperidine rings is 1. The van der Waals surface area contributed by atoms with Crippen molar-refractivity contribution in [2.24, 2.45) is 11.8 Å². The van der Waals surface area contributed by atoms with E-state index in [1.165, 1.54) is 0 Å². The SMILES string of the molecule is CC1CC(C)CN(CC(Br)C(F)(F)F)C1. The molecule has 15 heavy (non-hydrogen) atoms. The highest BCUT2D eigenvalue weighted by Gasteiger charge is 2.39. The molecule has 0 radical (unpaired) electrons. The van der Waals surface area contributed by atoms with Crippen LogP contribution in [0.1, 0.15) is 20.3 Å². The summed E-state index contributed by atoms with van der Waals surface area (Å²) >= 11 is 2.71. The van der Waals surface area contributed by atoms with E-state index < -0.39 is 11.0 Å². The summed E-state index contributed by atoms with van der Waals surface area (Å²) in [5.74, 6) is 1.00. The van der Waals surface area contributed by atoms with Crippen molar-refractivity contribution in [2.75, 3.05) is 19.6 Å². The van der Waals surface area contributed by atoms with E-state index in [0.29, 0.717) is 11.8 Å². The molecule has 0 saturated carbocycles. The Hall–Kier alpha value is 0.230. The fraction of sp³-hybridized carbons (Fsp3) is 1.00. The van der Waals surface area contributed by atoms with Gasteiger partial charge in [0.05, 0.1) is 0 Å². The molecule has 1 fully saturated rings. The van der Waals surface area contributed by atoms with Gasteiger partial charge in [-0.25, -0.2) is 0 Å². The van der Waals surface area contributed by atoms with Crippen LogP contribution in [0.5, 0.6) is 0 Å². The number of rotatable bonds is 2. The van der Waals surface area contributed by atoms with Gasteiger partial charge >= 0.3 is 6.18 Å². The number of likely N-dealkylation sites (tertiary alicyclic amines) is 1. The molecule has 0 bridgehead atoms. The lowest BCUT2D eigenvalue weighted by molar-refractivity contribution is -0.131. The maximum Gasteiger partial charge on any atom is 0.402 e. The molecule has 90 valence electrons. The lowest BCUT2D eigenvalue weighted by Gasteiger charge is -2.36. The van der Waals surface area contributed by atoms with Crippen molar-refractivity contribution in [3.63, 3.8) is 0 Å². The van der Waals surface area contributed by atoms with Crippen molar-refractivity contribution in [1.29, 1.82) is 0 Å². The fourth-order valence-electron chi connectivity index (χ4n) is 2.27. The van der Waals surface area contributed by atoms with E-state index >= 15 is 0 Å². The second-order valence-electron chi connectivity index (χ2n) is 4.67. The molecule has 0 aromatic carbocycles. The largest absolute Gasteiger partial charge is 0.402 e. The van der Waals surface area contributed by atoms with E-state index in [4.69, 9.17) is 0 Å². The van der Waals surface area contributed by atoms with Gasteiger partial charge < -0.3 is 4.90 Å². The number of halogens is 4. The predicted octanol–water partition coefficient (Wildman–Crippen LogP) is 3.29. The zero-order valence-corrected chi connectivity index (χ0v) is 10.6. The van der Waals surface area contributed by atoms with Crippen molar-refractivity contribution in [2.45, 2.75) is 31.3 Å². The molecule has 1 aliphatic rings. The Labute approximate surface area is 97.1 Å². The minimum Gasteiger partial charge on any atom is -0.301 e. The molecule has 0 aliphatic carbocycles. The molecule has 0 N–H and O–H groups in total. The van der Waals surface area contributed by atoms with Crippen molar-refractivity contribution in [1.82, 2.24) is 4.90 Å². The van der Waals surface area contributed by atoms with Gasteiger partial charge in [0.2, 0.25) is 0 Å². The third-order valence-corrected chi connectivity index (χ3v) is 3.53. The summed E-state index contributed by atoms with van der Waals surface area (Å²) in [7, 11) is 0. The van der Waals surface area contributed by atoms with Gasteiger partial charge in [0, 0.05) is 19.6 Å². The molecule has 0 amide bonds. The van der Waals surface area contributed by atoms with Crippen LogP contribution in [0.15, 0.2) is 0 Å². The van der Waals surface area contributed by atoms with E-state index in [1.807, 2.05) is 4.90 Å². The lowest BCUT2D eigenvalue weighted by atomic mass is 9.92. The standard InChI is InChI=1S/C10H17BrF3N/c1-7-3-8(2)5-15(4-7)6-9(11)10(12,13)14/h7-9H,3-6H2,1-2H3. The number of nitrogens with zero attached hydrogens (tertiary/aromatic N) is 1. The van der Waals surface area contributed by atoms with E-state index in [-0.39, 0.29) is 6.54 Å². The van der Waals surface area contributed by atoms with Crippen molar-refractivity contribution >= 4 is 15.9 Å². The highest BCUT2D eigenvalue weighted by Crippen LogP contribution is 2.29. The first-order valence-corrected chi connectivity index (χ1v) is 6.13. The number of hydrogen-bond donors (Lipinski definition) is 0. The Morgan fingerprint density at radius 3 is 2.13 bits per heavy atom. The summed E-state index contributed by atoms with van der Waals surface area (Å²) in [6.45, 7) is 5.82. The molecule has 1 saturated heterocycles. The van der Waals surface area contributed by atoms with Gasteiger partial charge in [-0.3, -0.25) is 0 Å². The summed E-state index contributed by atoms with van der Waals surface area (Å²) in [5.41, 5.74) is 0. The molecule has 0 spiro atoms. The molecule has 1 nitrogen and oxygen atoms in total. The molecular weight excluding hydrogens is 271 g/mol. The van der Waals surface area contributed by atoms with Crippen molar-refractivity contribution < 1.29 is 13.2 Å². The molecule has 5 heteroatoms. The molecule has 1 rings (SSSR count). The lowest BCUT2D eigenvalue weighted by Crippen LogP contribution is -2.44. The van der Waals surface area contributed by atoms with Gasteiger partial charge in [-0.1, -0.05) is 29.8 Å². The Morgan fingerprint density at radius 2 is 1.73 bits per heavy atom. The summed E-state index contributed by atoms with van der Waals surface area (Å²) in [5, 5.41) is 0. The van der Waals surface area contributed by atoms with Crippen LogP contribution in [-0.2, 0) is 0 Å². The van der Waals surface area contributed by atoms with Gasteiger partial charge in [0.1, 0.15) is 4.83 Å². The quantitative estimate of drug-likeness (QED) is 0.705. The second kappa shape index (κ2) is 5.04. The molecule has 1 heterocycles. The Morgan fingerprint density at radius 1 is 1.27 bits per heavy atom. The van der Waals surface area contributed by atoms with Crippen molar-refractivity contribution in [3.8, 4) is 0 Å². The third-order valence-electron chi connectivity index (χ3n) is 2.72. The zero-order valence-electron chi connectivity index (χ0n) is 9.02. The van der Waals surface area contributed by atoms with Gasteiger partial charge in [-0.2, -0.15) is 13.2 Å². The monoisotopic (exact) mass is 287 g/mol. The van der Waals surface area contributed by atoms with Crippen LogP contribution in [0.25, 0.3) is 0 Å². The summed E-state index contributed by atoms with van der Waals surface area (Å²) < 4.78 is 37.0. The van der Waals surface area contributed by atoms with Gasteiger partial charge in [0.25, 0.3) is 0 Å². The van der Waals surface area contributed by atoms with E-state index in [9.17, 15) is 13.2 Å². The Kier molecular flexibility index (Phi) is 4.47.